The first-order chi connectivity index (χ1) is 6.68. The first-order valence-corrected chi connectivity index (χ1v) is 6.56. The van der Waals surface area contributed by atoms with Crippen molar-refractivity contribution < 1.29 is 17.2 Å². The van der Waals surface area contributed by atoms with E-state index in [2.05, 4.69) is 0 Å². The maximum absolute atomic E-state index is 12.9. The molecule has 15 heavy (non-hydrogen) atoms. The van der Waals surface area contributed by atoms with Gasteiger partial charge >= 0.3 is 0 Å². The Kier molecular flexibility index (Phi) is 3.35. The molecule has 0 unspecified atom stereocenters. The minimum atomic E-state index is -3.71. The van der Waals surface area contributed by atoms with Crippen molar-refractivity contribution in [1.82, 2.24) is 0 Å². The lowest BCUT2D eigenvalue weighted by atomic mass is 10.1. The highest BCUT2D eigenvalue weighted by atomic mass is 35.7. The summed E-state index contributed by atoms with van der Waals surface area (Å²) in [5.41, 5.74) is 0.0318. The molecular weight excluding hydrogens is 246 g/mol. The van der Waals surface area contributed by atoms with Crippen LogP contribution in [0.4, 0.5) is 8.78 Å². The van der Waals surface area contributed by atoms with Gasteiger partial charge in [-0.25, -0.2) is 17.2 Å². The zero-order valence-corrected chi connectivity index (χ0v) is 9.45. The monoisotopic (exact) mass is 254 g/mol. The van der Waals surface area contributed by atoms with Gasteiger partial charge in [0.25, 0.3) is 5.92 Å². The summed E-state index contributed by atoms with van der Waals surface area (Å²) in [7, 11) is 1.31. The van der Waals surface area contributed by atoms with Crippen LogP contribution in [-0.2, 0) is 20.7 Å². The van der Waals surface area contributed by atoms with Gasteiger partial charge in [0.1, 0.15) is 0 Å². The fourth-order valence-corrected chi connectivity index (χ4v) is 2.09. The van der Waals surface area contributed by atoms with Crippen molar-refractivity contribution in [2.45, 2.75) is 18.6 Å². The third-order valence-corrected chi connectivity index (χ3v) is 2.78. The average Bonchev–Trinajstić information content (AvgIpc) is 1.99. The Hall–Kier alpha value is -0.680. The normalized spacial score (nSPS) is 12.8. The highest BCUT2D eigenvalue weighted by molar-refractivity contribution is 8.13. The van der Waals surface area contributed by atoms with E-state index in [0.29, 0.717) is 0 Å². The third kappa shape index (κ3) is 4.13. The molecular formula is C9H9ClF2O2S. The number of alkyl halides is 2. The Morgan fingerprint density at radius 3 is 2.47 bits per heavy atom. The lowest BCUT2D eigenvalue weighted by Crippen LogP contribution is -2.07. The Bertz CT molecular complexity index is 451. The Labute approximate surface area is 91.3 Å². The lowest BCUT2D eigenvalue weighted by molar-refractivity contribution is 0.0174. The van der Waals surface area contributed by atoms with Gasteiger partial charge in [0.2, 0.25) is 9.05 Å². The van der Waals surface area contributed by atoms with Crippen LogP contribution in [0.2, 0.25) is 0 Å². The molecule has 0 N–H and O–H groups in total. The molecule has 0 aromatic heterocycles. The van der Waals surface area contributed by atoms with Crippen LogP contribution in [0.3, 0.4) is 0 Å². The molecule has 1 aromatic rings. The summed E-state index contributed by atoms with van der Waals surface area (Å²) >= 11 is 0. The standard InChI is InChI=1S/C9H9ClF2O2S/c1-9(11,12)8-4-2-3-7(5-8)6-15(10,13)14/h2-5H,6H2,1H3. The summed E-state index contributed by atoms with van der Waals surface area (Å²) in [6, 6.07) is 5.20. The van der Waals surface area contributed by atoms with Gasteiger partial charge in [0.15, 0.2) is 0 Å². The predicted molar refractivity (Wildman–Crippen MR) is 54.5 cm³/mol. The van der Waals surface area contributed by atoms with Crippen molar-refractivity contribution >= 4 is 19.7 Å². The Morgan fingerprint density at radius 1 is 1.40 bits per heavy atom. The van der Waals surface area contributed by atoms with Crippen LogP contribution in [0.25, 0.3) is 0 Å². The second-order valence-corrected chi connectivity index (χ2v) is 6.05. The van der Waals surface area contributed by atoms with Crippen molar-refractivity contribution in [1.29, 1.82) is 0 Å². The molecule has 0 spiro atoms. The Morgan fingerprint density at radius 2 is 2.00 bits per heavy atom. The van der Waals surface area contributed by atoms with Crippen molar-refractivity contribution in [3.05, 3.63) is 35.4 Å². The quantitative estimate of drug-likeness (QED) is 0.778. The molecule has 0 saturated carbocycles. The fourth-order valence-electron chi connectivity index (χ4n) is 1.13. The van der Waals surface area contributed by atoms with Gasteiger partial charge in [0.05, 0.1) is 5.75 Å². The number of hydrogen-bond acceptors (Lipinski definition) is 2. The predicted octanol–water partition coefficient (Wildman–Crippen LogP) is 2.87. The van der Waals surface area contributed by atoms with E-state index in [1.807, 2.05) is 0 Å². The van der Waals surface area contributed by atoms with Gasteiger partial charge in [-0.2, -0.15) is 0 Å². The van der Waals surface area contributed by atoms with Crippen molar-refractivity contribution in [3.8, 4) is 0 Å². The highest BCUT2D eigenvalue weighted by Gasteiger charge is 2.24. The number of benzene rings is 1. The molecule has 1 rings (SSSR count). The van der Waals surface area contributed by atoms with Crippen LogP contribution in [0.5, 0.6) is 0 Å². The molecule has 1 aromatic carbocycles. The van der Waals surface area contributed by atoms with E-state index in [4.69, 9.17) is 10.7 Å². The minimum absolute atomic E-state index is 0.222. The molecule has 0 heterocycles. The van der Waals surface area contributed by atoms with E-state index < -0.39 is 20.7 Å². The van der Waals surface area contributed by atoms with E-state index >= 15 is 0 Å². The van der Waals surface area contributed by atoms with Gasteiger partial charge in [-0.1, -0.05) is 18.2 Å². The van der Waals surface area contributed by atoms with E-state index in [0.717, 1.165) is 13.0 Å². The van der Waals surface area contributed by atoms with E-state index in [1.54, 1.807) is 0 Å². The van der Waals surface area contributed by atoms with Crippen molar-refractivity contribution in [2.24, 2.45) is 0 Å². The summed E-state index contributed by atoms with van der Waals surface area (Å²) in [5.74, 6) is -3.43. The summed E-state index contributed by atoms with van der Waals surface area (Å²) < 4.78 is 47.2. The van der Waals surface area contributed by atoms with Gasteiger partial charge in [-0.15, -0.1) is 0 Å². The molecule has 2 nitrogen and oxygen atoms in total. The lowest BCUT2D eigenvalue weighted by Gasteiger charge is -2.11. The van der Waals surface area contributed by atoms with E-state index in [1.165, 1.54) is 18.2 Å². The maximum Gasteiger partial charge on any atom is 0.270 e. The SMILES string of the molecule is CC(F)(F)c1cccc(CS(=O)(=O)Cl)c1. The van der Waals surface area contributed by atoms with Crippen molar-refractivity contribution in [2.75, 3.05) is 0 Å². The minimum Gasteiger partial charge on any atom is -0.212 e. The van der Waals surface area contributed by atoms with E-state index in [9.17, 15) is 17.2 Å². The second-order valence-electron chi connectivity index (χ2n) is 3.27. The Balaban J connectivity index is 3.04. The zero-order valence-electron chi connectivity index (χ0n) is 7.88. The first kappa shape index (κ1) is 12.4. The second kappa shape index (κ2) is 4.06. The molecule has 0 aliphatic heterocycles. The third-order valence-electron chi connectivity index (χ3n) is 1.77. The van der Waals surface area contributed by atoms with Gasteiger partial charge in [-0.05, 0) is 11.6 Å². The molecule has 0 aliphatic carbocycles. The first-order valence-electron chi connectivity index (χ1n) is 4.08. The van der Waals surface area contributed by atoms with Gasteiger partial charge in [-0.3, -0.25) is 0 Å². The molecule has 0 aliphatic rings. The van der Waals surface area contributed by atoms with Crippen LogP contribution < -0.4 is 0 Å². The van der Waals surface area contributed by atoms with Crippen LogP contribution in [0, 0.1) is 0 Å². The summed E-state index contributed by atoms with van der Waals surface area (Å²) in [6.07, 6.45) is 0. The molecule has 6 heteroatoms. The van der Waals surface area contributed by atoms with E-state index in [-0.39, 0.29) is 11.1 Å². The van der Waals surface area contributed by atoms with Gasteiger partial charge < -0.3 is 0 Å². The number of rotatable bonds is 3. The van der Waals surface area contributed by atoms with Crippen LogP contribution in [0.15, 0.2) is 24.3 Å². The number of hydrogen-bond donors (Lipinski definition) is 0. The average molecular weight is 255 g/mol. The van der Waals surface area contributed by atoms with Crippen LogP contribution >= 0.6 is 10.7 Å². The molecule has 0 atom stereocenters. The van der Waals surface area contributed by atoms with Crippen LogP contribution in [-0.4, -0.2) is 8.42 Å². The summed E-state index contributed by atoms with van der Waals surface area (Å²) in [4.78, 5) is 0. The molecule has 0 radical (unpaired) electrons. The molecule has 84 valence electrons. The molecule has 0 fully saturated rings. The maximum atomic E-state index is 12.9. The number of halogens is 3. The molecule has 0 bridgehead atoms. The fraction of sp³-hybridized carbons (Fsp3) is 0.333. The van der Waals surface area contributed by atoms with Crippen molar-refractivity contribution in [3.63, 3.8) is 0 Å². The van der Waals surface area contributed by atoms with Crippen LogP contribution in [0.1, 0.15) is 18.1 Å². The molecule has 0 saturated heterocycles. The zero-order chi connectivity index (χ0) is 11.7. The largest absolute Gasteiger partial charge is 0.270 e. The molecule has 0 amide bonds. The summed E-state index contributed by atoms with van der Waals surface area (Å²) in [6.45, 7) is 0.751. The highest BCUT2D eigenvalue weighted by Crippen LogP contribution is 2.27. The van der Waals surface area contributed by atoms with Gasteiger partial charge in [0, 0.05) is 23.2 Å². The summed E-state index contributed by atoms with van der Waals surface area (Å²) in [5, 5.41) is 0. The topological polar surface area (TPSA) is 34.1 Å². The smallest absolute Gasteiger partial charge is 0.212 e.